The number of carbonyl (C=O) groups excluding carboxylic acids is 2. The maximum Gasteiger partial charge on any atom is 0.352 e. The van der Waals surface area contributed by atoms with Gasteiger partial charge in [0.25, 0.3) is 0 Å². The summed E-state index contributed by atoms with van der Waals surface area (Å²) in [5.41, 5.74) is 0. The van der Waals surface area contributed by atoms with Crippen molar-refractivity contribution in [2.45, 2.75) is 77.7 Å². The summed E-state index contributed by atoms with van der Waals surface area (Å²) in [6.07, 6.45) is 5.32. The third-order valence-corrected chi connectivity index (χ3v) is 3.56. The summed E-state index contributed by atoms with van der Waals surface area (Å²) in [4.78, 5) is 31.5. The van der Waals surface area contributed by atoms with Crippen LogP contribution in [0, 0.1) is 5.92 Å². The second kappa shape index (κ2) is 14.4. The molecule has 0 fully saturated rings. The largest absolute Gasteiger partial charge is 0.396 e. The van der Waals surface area contributed by atoms with Crippen LogP contribution in [0.25, 0.3) is 0 Å². The van der Waals surface area contributed by atoms with Crippen molar-refractivity contribution in [3.63, 3.8) is 0 Å². The molecule has 0 saturated carbocycles. The van der Waals surface area contributed by atoms with Crippen LogP contribution in [-0.4, -0.2) is 34.9 Å². The molecule has 2 atom stereocenters. The lowest BCUT2D eigenvalue weighted by Gasteiger charge is -2.18. The molecule has 7 heteroatoms. The fourth-order valence-electron chi connectivity index (χ4n) is 2.19. The Morgan fingerprint density at radius 1 is 1.00 bits per heavy atom. The molecule has 0 saturated heterocycles. The Morgan fingerprint density at radius 2 is 1.65 bits per heavy atom. The zero-order chi connectivity index (χ0) is 17.5. The molecule has 0 aliphatic heterocycles. The van der Waals surface area contributed by atoms with Crippen LogP contribution in [0.3, 0.4) is 0 Å². The Morgan fingerprint density at radius 3 is 2.26 bits per heavy atom. The molecule has 0 heterocycles. The van der Waals surface area contributed by atoms with E-state index in [0.29, 0.717) is 19.3 Å². The van der Waals surface area contributed by atoms with E-state index >= 15 is 0 Å². The quantitative estimate of drug-likeness (QED) is 0.286. The molecule has 0 aliphatic rings. The van der Waals surface area contributed by atoms with Gasteiger partial charge in [-0.15, -0.1) is 0 Å². The minimum atomic E-state index is -0.819. The minimum Gasteiger partial charge on any atom is -0.396 e. The van der Waals surface area contributed by atoms with Gasteiger partial charge in [0.2, 0.25) is 0 Å². The highest BCUT2D eigenvalue weighted by molar-refractivity contribution is 5.72. The Bertz CT molecular complexity index is 320. The Kier molecular flexibility index (Phi) is 13.7. The SMILES string of the molecule is CCCC(=O)OOOC(=O)C(CC)C(O)CCCCCCCO. The summed E-state index contributed by atoms with van der Waals surface area (Å²) in [6, 6.07) is 0. The summed E-state index contributed by atoms with van der Waals surface area (Å²) in [5, 5.41) is 22.9. The molecule has 0 aromatic rings. The minimum absolute atomic E-state index is 0.174. The van der Waals surface area contributed by atoms with Gasteiger partial charge in [0, 0.05) is 18.1 Å². The van der Waals surface area contributed by atoms with Crippen molar-refractivity contribution in [1.29, 1.82) is 0 Å². The van der Waals surface area contributed by atoms with Gasteiger partial charge in [-0.3, -0.25) is 9.78 Å². The van der Waals surface area contributed by atoms with Crippen LogP contribution in [0.4, 0.5) is 0 Å². The van der Waals surface area contributed by atoms with Crippen molar-refractivity contribution in [1.82, 2.24) is 0 Å². The average Bonchev–Trinajstić information content (AvgIpc) is 2.51. The third kappa shape index (κ3) is 11.1. The molecule has 7 nitrogen and oxygen atoms in total. The Hall–Kier alpha value is -1.18. The Labute approximate surface area is 137 Å². The van der Waals surface area contributed by atoms with Gasteiger partial charge in [-0.1, -0.05) is 39.5 Å². The number of hydrogen-bond acceptors (Lipinski definition) is 7. The highest BCUT2D eigenvalue weighted by atomic mass is 17.5. The number of aliphatic hydroxyl groups is 2. The molecular formula is C16H30O7. The zero-order valence-electron chi connectivity index (χ0n) is 14.2. The topological polar surface area (TPSA) is 102 Å². The third-order valence-electron chi connectivity index (χ3n) is 3.56. The van der Waals surface area contributed by atoms with E-state index < -0.39 is 24.0 Å². The second-order valence-corrected chi connectivity index (χ2v) is 5.54. The summed E-state index contributed by atoms with van der Waals surface area (Å²) in [7, 11) is 0. The first-order valence-electron chi connectivity index (χ1n) is 8.43. The van der Waals surface area contributed by atoms with E-state index in [2.05, 4.69) is 14.8 Å². The summed E-state index contributed by atoms with van der Waals surface area (Å²) >= 11 is 0. The van der Waals surface area contributed by atoms with Gasteiger partial charge < -0.3 is 10.2 Å². The maximum absolute atomic E-state index is 11.8. The van der Waals surface area contributed by atoms with E-state index in [1.165, 1.54) is 0 Å². The van der Waals surface area contributed by atoms with E-state index in [0.717, 1.165) is 32.1 Å². The molecule has 0 bridgehead atoms. The number of rotatable bonds is 14. The normalized spacial score (nSPS) is 13.4. The second-order valence-electron chi connectivity index (χ2n) is 5.54. The van der Waals surface area contributed by atoms with Gasteiger partial charge in [0.1, 0.15) is 0 Å². The Balaban J connectivity index is 3.95. The highest BCUT2D eigenvalue weighted by Crippen LogP contribution is 2.18. The van der Waals surface area contributed by atoms with Gasteiger partial charge in [0.15, 0.2) is 0 Å². The van der Waals surface area contributed by atoms with E-state index in [4.69, 9.17) is 5.11 Å². The van der Waals surface area contributed by atoms with Crippen molar-refractivity contribution >= 4 is 11.9 Å². The first-order chi connectivity index (χ1) is 11.1. The lowest BCUT2D eigenvalue weighted by molar-refractivity contribution is -0.461. The molecule has 0 amide bonds. The number of hydrogen-bond donors (Lipinski definition) is 2. The van der Waals surface area contributed by atoms with Crippen LogP contribution in [-0.2, 0) is 24.4 Å². The molecule has 2 unspecified atom stereocenters. The van der Waals surface area contributed by atoms with Gasteiger partial charge in [-0.05, 0) is 25.7 Å². The zero-order valence-corrected chi connectivity index (χ0v) is 14.2. The molecule has 2 N–H and O–H groups in total. The molecule has 23 heavy (non-hydrogen) atoms. The van der Waals surface area contributed by atoms with E-state index in [-0.39, 0.29) is 13.0 Å². The van der Waals surface area contributed by atoms with Crippen molar-refractivity contribution < 1.29 is 34.6 Å². The van der Waals surface area contributed by atoms with Crippen molar-refractivity contribution in [2.24, 2.45) is 5.92 Å². The van der Waals surface area contributed by atoms with Crippen LogP contribution >= 0.6 is 0 Å². The number of carbonyl (C=O) groups is 2. The van der Waals surface area contributed by atoms with Crippen LogP contribution in [0.1, 0.15) is 71.6 Å². The maximum atomic E-state index is 11.8. The molecule has 136 valence electrons. The van der Waals surface area contributed by atoms with Crippen molar-refractivity contribution in [3.8, 4) is 0 Å². The van der Waals surface area contributed by atoms with Crippen LogP contribution in [0.15, 0.2) is 0 Å². The highest BCUT2D eigenvalue weighted by Gasteiger charge is 2.27. The molecule has 0 rings (SSSR count). The summed E-state index contributed by atoms with van der Waals surface area (Å²) in [6.45, 7) is 3.77. The summed E-state index contributed by atoms with van der Waals surface area (Å²) < 4.78 is 0. The lowest BCUT2D eigenvalue weighted by atomic mass is 9.95. The molecule has 0 aromatic heterocycles. The van der Waals surface area contributed by atoms with Gasteiger partial charge >= 0.3 is 11.9 Å². The van der Waals surface area contributed by atoms with E-state index in [1.54, 1.807) is 13.8 Å². The predicted molar refractivity (Wildman–Crippen MR) is 82.8 cm³/mol. The molecule has 0 aliphatic carbocycles. The van der Waals surface area contributed by atoms with Crippen LogP contribution in [0.2, 0.25) is 0 Å². The standard InChI is InChI=1S/C16H30O7/c1-3-10-15(19)21-23-22-16(20)13(4-2)14(18)11-8-6-5-7-9-12-17/h13-14,17-18H,3-12H2,1-2H3. The van der Waals surface area contributed by atoms with Gasteiger partial charge in [-0.25, -0.2) is 9.59 Å². The fourth-order valence-corrected chi connectivity index (χ4v) is 2.19. The molecule has 0 spiro atoms. The van der Waals surface area contributed by atoms with Gasteiger partial charge in [-0.2, -0.15) is 0 Å². The average molecular weight is 334 g/mol. The first kappa shape index (κ1) is 21.8. The van der Waals surface area contributed by atoms with Crippen molar-refractivity contribution in [3.05, 3.63) is 0 Å². The summed E-state index contributed by atoms with van der Waals surface area (Å²) in [5.74, 6) is -2.07. The van der Waals surface area contributed by atoms with E-state index in [9.17, 15) is 14.7 Å². The molecular weight excluding hydrogens is 304 g/mol. The van der Waals surface area contributed by atoms with Crippen molar-refractivity contribution in [2.75, 3.05) is 6.61 Å². The molecule has 0 aromatic carbocycles. The molecule has 0 radical (unpaired) electrons. The number of unbranched alkanes of at least 4 members (excludes halogenated alkanes) is 4. The van der Waals surface area contributed by atoms with Crippen LogP contribution in [0.5, 0.6) is 0 Å². The number of aliphatic hydroxyl groups excluding tert-OH is 2. The van der Waals surface area contributed by atoms with E-state index in [1.807, 2.05) is 0 Å². The predicted octanol–water partition coefficient (Wildman–Crippen LogP) is 2.44. The van der Waals surface area contributed by atoms with Crippen LogP contribution < -0.4 is 0 Å². The lowest BCUT2D eigenvalue weighted by Crippen LogP contribution is -2.29. The van der Waals surface area contributed by atoms with Gasteiger partial charge in [0.05, 0.1) is 12.0 Å². The first-order valence-corrected chi connectivity index (χ1v) is 8.43. The smallest absolute Gasteiger partial charge is 0.352 e. The monoisotopic (exact) mass is 334 g/mol. The fraction of sp³-hybridized carbons (Fsp3) is 0.875.